The summed E-state index contributed by atoms with van der Waals surface area (Å²) in [4.78, 5) is 10.6. The second-order valence-electron chi connectivity index (χ2n) is 3.15. The molecule has 0 amide bonds. The Morgan fingerprint density at radius 1 is 1.27 bits per heavy atom. The number of rotatable bonds is 7. The number of carbonyl (C=O) groups excluding carboxylic acids is 1. The molecule has 0 saturated heterocycles. The van der Waals surface area contributed by atoms with E-state index in [1.165, 1.54) is 7.11 Å². The van der Waals surface area contributed by atoms with Crippen molar-refractivity contribution in [1.29, 1.82) is 0 Å². The molecule has 1 N–H and O–H groups in total. The van der Waals surface area contributed by atoms with E-state index >= 15 is 0 Å². The van der Waals surface area contributed by atoms with Crippen molar-refractivity contribution >= 4 is 5.97 Å². The lowest BCUT2D eigenvalue weighted by Gasteiger charge is -2.06. The quantitative estimate of drug-likeness (QED) is 0.533. The molecule has 0 saturated carbocycles. The SMILES string of the molecule is COC(=O)CCCNCCCC(F)(F)F. The van der Waals surface area contributed by atoms with Gasteiger partial charge >= 0.3 is 12.1 Å². The van der Waals surface area contributed by atoms with E-state index in [0.717, 1.165) is 0 Å². The zero-order chi connectivity index (χ0) is 11.7. The van der Waals surface area contributed by atoms with Crippen LogP contribution in [0.15, 0.2) is 0 Å². The Kier molecular flexibility index (Phi) is 7.11. The summed E-state index contributed by atoms with van der Waals surface area (Å²) in [6.45, 7) is 0.855. The van der Waals surface area contributed by atoms with Crippen LogP contribution in [0.2, 0.25) is 0 Å². The van der Waals surface area contributed by atoms with Gasteiger partial charge in [0.05, 0.1) is 7.11 Å². The summed E-state index contributed by atoms with van der Waals surface area (Å²) >= 11 is 0. The predicted molar refractivity (Wildman–Crippen MR) is 49.4 cm³/mol. The van der Waals surface area contributed by atoms with E-state index in [2.05, 4.69) is 10.1 Å². The van der Waals surface area contributed by atoms with E-state index in [1.807, 2.05) is 0 Å². The summed E-state index contributed by atoms with van der Waals surface area (Å²) in [6.07, 6.45) is -3.89. The van der Waals surface area contributed by atoms with Crippen molar-refractivity contribution < 1.29 is 22.7 Å². The standard InChI is InChI=1S/C9H16F3NO2/c1-15-8(14)4-2-6-13-7-3-5-9(10,11)12/h13H,2-7H2,1H3. The fraction of sp³-hybridized carbons (Fsp3) is 0.889. The van der Waals surface area contributed by atoms with Crippen molar-refractivity contribution in [3.8, 4) is 0 Å². The highest BCUT2D eigenvalue weighted by Crippen LogP contribution is 2.20. The Labute approximate surface area is 87.0 Å². The molecule has 0 spiro atoms. The van der Waals surface area contributed by atoms with Crippen LogP contribution in [0.4, 0.5) is 13.2 Å². The highest BCUT2D eigenvalue weighted by Gasteiger charge is 2.25. The van der Waals surface area contributed by atoms with Gasteiger partial charge in [0.25, 0.3) is 0 Å². The van der Waals surface area contributed by atoms with E-state index in [9.17, 15) is 18.0 Å². The highest BCUT2D eigenvalue weighted by molar-refractivity contribution is 5.68. The molecule has 0 radical (unpaired) electrons. The average Bonchev–Trinajstić information content (AvgIpc) is 2.14. The minimum atomic E-state index is -4.08. The molecule has 0 aliphatic carbocycles. The summed E-state index contributed by atoms with van der Waals surface area (Å²) in [6, 6.07) is 0. The maximum absolute atomic E-state index is 11.7. The molecule has 0 aliphatic rings. The fourth-order valence-corrected chi connectivity index (χ4v) is 0.999. The summed E-state index contributed by atoms with van der Waals surface area (Å²) in [5, 5.41) is 2.83. The number of hydrogen-bond donors (Lipinski definition) is 1. The number of nitrogens with one attached hydrogen (secondary N) is 1. The third-order valence-electron chi connectivity index (χ3n) is 1.78. The highest BCUT2D eigenvalue weighted by atomic mass is 19.4. The molecule has 15 heavy (non-hydrogen) atoms. The van der Waals surface area contributed by atoms with Crippen LogP contribution in [0.3, 0.4) is 0 Å². The van der Waals surface area contributed by atoms with Gasteiger partial charge in [0.15, 0.2) is 0 Å². The summed E-state index contributed by atoms with van der Waals surface area (Å²) < 4.78 is 39.5. The van der Waals surface area contributed by atoms with Crippen LogP contribution in [0, 0.1) is 0 Å². The molecule has 90 valence electrons. The largest absolute Gasteiger partial charge is 0.469 e. The first-order chi connectivity index (χ1) is 6.95. The van der Waals surface area contributed by atoms with Crippen LogP contribution in [0.5, 0.6) is 0 Å². The topological polar surface area (TPSA) is 38.3 Å². The van der Waals surface area contributed by atoms with Gasteiger partial charge in [0.1, 0.15) is 0 Å². The average molecular weight is 227 g/mol. The fourth-order valence-electron chi connectivity index (χ4n) is 0.999. The maximum atomic E-state index is 11.7. The van der Waals surface area contributed by atoms with E-state index < -0.39 is 12.6 Å². The smallest absolute Gasteiger partial charge is 0.389 e. The Morgan fingerprint density at radius 2 is 1.87 bits per heavy atom. The van der Waals surface area contributed by atoms with Crippen molar-refractivity contribution in [2.45, 2.75) is 31.9 Å². The number of hydrogen-bond acceptors (Lipinski definition) is 3. The van der Waals surface area contributed by atoms with Gasteiger partial charge in [0, 0.05) is 12.8 Å². The predicted octanol–water partition coefficient (Wildman–Crippen LogP) is 1.87. The van der Waals surface area contributed by atoms with Crippen LogP contribution in [-0.4, -0.2) is 32.3 Å². The normalized spacial score (nSPS) is 11.5. The second-order valence-corrected chi connectivity index (χ2v) is 3.15. The molecule has 3 nitrogen and oxygen atoms in total. The number of carbonyl (C=O) groups is 1. The van der Waals surface area contributed by atoms with E-state index in [0.29, 0.717) is 25.9 Å². The van der Waals surface area contributed by atoms with Crippen molar-refractivity contribution in [2.75, 3.05) is 20.2 Å². The van der Waals surface area contributed by atoms with Gasteiger partial charge in [-0.15, -0.1) is 0 Å². The Hall–Kier alpha value is -0.780. The molecule has 0 aromatic carbocycles. The van der Waals surface area contributed by atoms with Gasteiger partial charge in [-0.1, -0.05) is 0 Å². The Morgan fingerprint density at radius 3 is 2.40 bits per heavy atom. The minimum absolute atomic E-state index is 0.0712. The van der Waals surface area contributed by atoms with Crippen molar-refractivity contribution in [2.24, 2.45) is 0 Å². The zero-order valence-corrected chi connectivity index (χ0v) is 8.69. The van der Waals surface area contributed by atoms with Crippen molar-refractivity contribution in [1.82, 2.24) is 5.32 Å². The van der Waals surface area contributed by atoms with Crippen molar-refractivity contribution in [3.05, 3.63) is 0 Å². The monoisotopic (exact) mass is 227 g/mol. The first-order valence-corrected chi connectivity index (χ1v) is 4.80. The van der Waals surface area contributed by atoms with E-state index in [1.54, 1.807) is 0 Å². The third kappa shape index (κ3) is 11.1. The van der Waals surface area contributed by atoms with Gasteiger partial charge in [0.2, 0.25) is 0 Å². The molecule has 0 aliphatic heterocycles. The molecule has 6 heteroatoms. The molecule has 0 aromatic rings. The summed E-state index contributed by atoms with van der Waals surface area (Å²) in [5.41, 5.74) is 0. The molecule has 0 fully saturated rings. The van der Waals surface area contributed by atoms with Crippen LogP contribution >= 0.6 is 0 Å². The van der Waals surface area contributed by atoms with Crippen LogP contribution in [0.25, 0.3) is 0 Å². The molecule has 0 unspecified atom stereocenters. The van der Waals surface area contributed by atoms with Gasteiger partial charge < -0.3 is 10.1 Å². The lowest BCUT2D eigenvalue weighted by atomic mass is 10.3. The number of methoxy groups -OCH3 is 1. The van der Waals surface area contributed by atoms with E-state index in [-0.39, 0.29) is 12.4 Å². The summed E-state index contributed by atoms with van der Waals surface area (Å²) in [7, 11) is 1.30. The zero-order valence-electron chi connectivity index (χ0n) is 8.69. The Balaban J connectivity index is 3.16. The first kappa shape index (κ1) is 14.2. The number of esters is 1. The molecular formula is C9H16F3NO2. The minimum Gasteiger partial charge on any atom is -0.469 e. The second kappa shape index (κ2) is 7.50. The molecule has 0 heterocycles. The number of ether oxygens (including phenoxy) is 1. The van der Waals surface area contributed by atoms with Crippen LogP contribution in [-0.2, 0) is 9.53 Å². The van der Waals surface area contributed by atoms with Gasteiger partial charge in [-0.25, -0.2) is 0 Å². The summed E-state index contributed by atoms with van der Waals surface area (Å²) in [5.74, 6) is -0.299. The third-order valence-corrected chi connectivity index (χ3v) is 1.78. The maximum Gasteiger partial charge on any atom is 0.389 e. The van der Waals surface area contributed by atoms with Crippen LogP contribution < -0.4 is 5.32 Å². The number of halogens is 3. The van der Waals surface area contributed by atoms with E-state index in [4.69, 9.17) is 0 Å². The molecule has 0 rings (SSSR count). The van der Waals surface area contributed by atoms with Crippen LogP contribution in [0.1, 0.15) is 25.7 Å². The Bertz CT molecular complexity index is 183. The lowest BCUT2D eigenvalue weighted by Crippen LogP contribution is -2.20. The molecular weight excluding hydrogens is 211 g/mol. The number of alkyl halides is 3. The molecule has 0 atom stereocenters. The van der Waals surface area contributed by atoms with Gasteiger partial charge in [-0.05, 0) is 25.9 Å². The van der Waals surface area contributed by atoms with Crippen molar-refractivity contribution in [3.63, 3.8) is 0 Å². The lowest BCUT2D eigenvalue weighted by molar-refractivity contribution is -0.140. The molecule has 0 bridgehead atoms. The van der Waals surface area contributed by atoms with Gasteiger partial charge in [-0.3, -0.25) is 4.79 Å². The van der Waals surface area contributed by atoms with Gasteiger partial charge in [-0.2, -0.15) is 13.2 Å². The first-order valence-electron chi connectivity index (χ1n) is 4.80. The molecule has 0 aromatic heterocycles.